The second kappa shape index (κ2) is 7.04. The molecule has 0 aliphatic carbocycles. The smallest absolute Gasteiger partial charge is 0.311 e. The molecule has 1 aromatic heterocycles. The van der Waals surface area contributed by atoms with E-state index in [0.717, 1.165) is 0 Å². The number of carbonyl (C=O) groups excluding carboxylic acids is 2. The molecule has 3 aromatic rings. The highest BCUT2D eigenvalue weighted by Crippen LogP contribution is 2.33. The fraction of sp³-hybridized carbons (Fsp3) is 0.250. The molecule has 1 aliphatic rings. The Kier molecular flexibility index (Phi) is 4.58. The van der Waals surface area contributed by atoms with E-state index in [4.69, 9.17) is 20.8 Å². The standard InChI is InChI=1S/C20H17ClN2O4/c1-2-26-20(25)12-9-18(24)23(11-12)13-7-8-17-16(10-13)22-19(27-17)14-5-3-4-6-15(14)21/h3-8,10,12H,2,9,11H2,1H3/t12-/m1/s1. The van der Waals surface area contributed by atoms with E-state index < -0.39 is 5.92 Å². The Morgan fingerprint density at radius 2 is 2.15 bits per heavy atom. The van der Waals surface area contributed by atoms with E-state index in [0.29, 0.717) is 46.4 Å². The summed E-state index contributed by atoms with van der Waals surface area (Å²) in [5.41, 5.74) is 2.60. The van der Waals surface area contributed by atoms with Gasteiger partial charge in [0, 0.05) is 18.7 Å². The molecule has 0 radical (unpaired) electrons. The average Bonchev–Trinajstić information content (AvgIpc) is 3.25. The first kappa shape index (κ1) is 17.5. The zero-order valence-electron chi connectivity index (χ0n) is 14.6. The number of halogens is 1. The minimum absolute atomic E-state index is 0.109. The summed E-state index contributed by atoms with van der Waals surface area (Å²) >= 11 is 6.22. The van der Waals surface area contributed by atoms with Gasteiger partial charge in [0.1, 0.15) is 5.52 Å². The van der Waals surface area contributed by atoms with Gasteiger partial charge < -0.3 is 14.1 Å². The summed E-state index contributed by atoms with van der Waals surface area (Å²) in [5, 5.41) is 0.552. The zero-order valence-corrected chi connectivity index (χ0v) is 15.4. The summed E-state index contributed by atoms with van der Waals surface area (Å²) in [7, 11) is 0. The molecule has 1 aliphatic heterocycles. The van der Waals surface area contributed by atoms with Crippen LogP contribution in [0.5, 0.6) is 0 Å². The summed E-state index contributed by atoms with van der Waals surface area (Å²) in [6.45, 7) is 2.36. The average molecular weight is 385 g/mol. The van der Waals surface area contributed by atoms with Crippen molar-refractivity contribution in [3.63, 3.8) is 0 Å². The van der Waals surface area contributed by atoms with Gasteiger partial charge in [-0.2, -0.15) is 0 Å². The molecule has 2 heterocycles. The van der Waals surface area contributed by atoms with Crippen molar-refractivity contribution < 1.29 is 18.7 Å². The Hall–Kier alpha value is -2.86. The van der Waals surface area contributed by atoms with Crippen molar-refractivity contribution in [2.75, 3.05) is 18.1 Å². The van der Waals surface area contributed by atoms with Gasteiger partial charge in [0.2, 0.25) is 11.8 Å². The number of hydrogen-bond acceptors (Lipinski definition) is 5. The third-order valence-corrected chi connectivity index (χ3v) is 4.86. The Labute approximate surface area is 160 Å². The second-order valence-electron chi connectivity index (χ2n) is 6.31. The van der Waals surface area contributed by atoms with E-state index in [2.05, 4.69) is 4.98 Å². The first-order chi connectivity index (χ1) is 13.1. The third-order valence-electron chi connectivity index (χ3n) is 4.53. The van der Waals surface area contributed by atoms with Crippen LogP contribution in [-0.2, 0) is 14.3 Å². The van der Waals surface area contributed by atoms with E-state index in [1.807, 2.05) is 18.2 Å². The molecule has 0 unspecified atom stereocenters. The third kappa shape index (κ3) is 3.28. The van der Waals surface area contributed by atoms with Crippen LogP contribution in [0.25, 0.3) is 22.6 Å². The minimum Gasteiger partial charge on any atom is -0.466 e. The van der Waals surface area contributed by atoms with Gasteiger partial charge in [-0.25, -0.2) is 4.98 Å². The summed E-state index contributed by atoms with van der Waals surface area (Å²) in [4.78, 5) is 30.4. The molecule has 1 atom stereocenters. The van der Waals surface area contributed by atoms with E-state index >= 15 is 0 Å². The van der Waals surface area contributed by atoms with Crippen molar-refractivity contribution in [1.29, 1.82) is 0 Å². The maximum absolute atomic E-state index is 12.4. The highest BCUT2D eigenvalue weighted by atomic mass is 35.5. The van der Waals surface area contributed by atoms with Crippen LogP contribution >= 0.6 is 11.6 Å². The Bertz CT molecular complexity index is 1030. The van der Waals surface area contributed by atoms with E-state index in [9.17, 15) is 9.59 Å². The quantitative estimate of drug-likeness (QED) is 0.634. The highest BCUT2D eigenvalue weighted by molar-refractivity contribution is 6.33. The van der Waals surface area contributed by atoms with Crippen LogP contribution in [0.2, 0.25) is 5.02 Å². The molecule has 0 saturated carbocycles. The molecular weight excluding hydrogens is 368 g/mol. The number of ether oxygens (including phenoxy) is 1. The van der Waals surface area contributed by atoms with Crippen LogP contribution < -0.4 is 4.90 Å². The summed E-state index contributed by atoms with van der Waals surface area (Å²) in [6, 6.07) is 12.6. The first-order valence-electron chi connectivity index (χ1n) is 8.69. The fourth-order valence-corrected chi connectivity index (χ4v) is 3.43. The lowest BCUT2D eigenvalue weighted by molar-refractivity contribution is -0.147. The molecule has 138 valence electrons. The number of rotatable bonds is 4. The van der Waals surface area contributed by atoms with Crippen molar-refractivity contribution in [2.45, 2.75) is 13.3 Å². The van der Waals surface area contributed by atoms with Gasteiger partial charge in [-0.1, -0.05) is 23.7 Å². The first-order valence-corrected chi connectivity index (χ1v) is 9.07. The minimum atomic E-state index is -0.441. The van der Waals surface area contributed by atoms with Crippen LogP contribution in [-0.4, -0.2) is 30.0 Å². The van der Waals surface area contributed by atoms with Crippen LogP contribution in [0.15, 0.2) is 46.9 Å². The van der Waals surface area contributed by atoms with Gasteiger partial charge in [-0.3, -0.25) is 9.59 Å². The van der Waals surface area contributed by atoms with Crippen LogP contribution in [0.4, 0.5) is 5.69 Å². The van der Waals surface area contributed by atoms with Gasteiger partial charge in [0.25, 0.3) is 0 Å². The van der Waals surface area contributed by atoms with Crippen LogP contribution in [0, 0.1) is 5.92 Å². The largest absolute Gasteiger partial charge is 0.466 e. The highest BCUT2D eigenvalue weighted by Gasteiger charge is 2.36. The van der Waals surface area contributed by atoms with Crippen molar-refractivity contribution in [3.8, 4) is 11.5 Å². The normalized spacial score (nSPS) is 16.9. The van der Waals surface area contributed by atoms with E-state index in [-0.39, 0.29) is 18.3 Å². The molecule has 1 fully saturated rings. The number of anilines is 1. The predicted molar refractivity (Wildman–Crippen MR) is 102 cm³/mol. The summed E-state index contributed by atoms with van der Waals surface area (Å²) in [5.74, 6) is -0.465. The number of esters is 1. The number of benzene rings is 2. The lowest BCUT2D eigenvalue weighted by atomic mass is 10.1. The molecule has 1 saturated heterocycles. The Balaban J connectivity index is 1.63. The molecule has 0 N–H and O–H groups in total. The maximum atomic E-state index is 12.4. The number of nitrogens with zero attached hydrogens (tertiary/aromatic N) is 2. The molecule has 1 amide bonds. The van der Waals surface area contributed by atoms with Gasteiger partial charge in [0.05, 0.1) is 23.1 Å². The lowest BCUT2D eigenvalue weighted by Crippen LogP contribution is -2.26. The number of hydrogen-bond donors (Lipinski definition) is 0. The summed E-state index contributed by atoms with van der Waals surface area (Å²) < 4.78 is 10.8. The molecule has 0 bridgehead atoms. The molecule has 2 aromatic carbocycles. The molecule has 4 rings (SSSR count). The van der Waals surface area contributed by atoms with Gasteiger partial charge in [-0.15, -0.1) is 0 Å². The second-order valence-corrected chi connectivity index (χ2v) is 6.72. The molecule has 27 heavy (non-hydrogen) atoms. The van der Waals surface area contributed by atoms with Crippen molar-refractivity contribution in [3.05, 3.63) is 47.5 Å². The van der Waals surface area contributed by atoms with E-state index in [1.54, 1.807) is 36.1 Å². The lowest BCUT2D eigenvalue weighted by Gasteiger charge is -2.16. The zero-order chi connectivity index (χ0) is 19.0. The van der Waals surface area contributed by atoms with Gasteiger partial charge in [0.15, 0.2) is 5.58 Å². The molecule has 6 nitrogen and oxygen atoms in total. The maximum Gasteiger partial charge on any atom is 0.311 e. The predicted octanol–water partition coefficient (Wildman–Crippen LogP) is 4.06. The van der Waals surface area contributed by atoms with Crippen LogP contribution in [0.3, 0.4) is 0 Å². The SMILES string of the molecule is CCOC(=O)[C@@H]1CC(=O)N(c2ccc3oc(-c4ccccc4Cl)nc3c2)C1. The number of aromatic nitrogens is 1. The number of fused-ring (bicyclic) bond motifs is 1. The van der Waals surface area contributed by atoms with E-state index in [1.165, 1.54) is 0 Å². The number of oxazole rings is 1. The van der Waals surface area contributed by atoms with Crippen LogP contribution in [0.1, 0.15) is 13.3 Å². The monoisotopic (exact) mass is 384 g/mol. The Morgan fingerprint density at radius 1 is 1.33 bits per heavy atom. The number of carbonyl (C=O) groups is 2. The van der Waals surface area contributed by atoms with Gasteiger partial charge >= 0.3 is 5.97 Å². The Morgan fingerprint density at radius 3 is 2.93 bits per heavy atom. The van der Waals surface area contributed by atoms with Crippen molar-refractivity contribution in [2.24, 2.45) is 5.92 Å². The van der Waals surface area contributed by atoms with Crippen molar-refractivity contribution >= 4 is 40.3 Å². The van der Waals surface area contributed by atoms with Gasteiger partial charge in [-0.05, 0) is 37.3 Å². The van der Waals surface area contributed by atoms with Crippen molar-refractivity contribution in [1.82, 2.24) is 4.98 Å². The molecular formula is C20H17ClN2O4. The molecule has 7 heteroatoms. The summed E-state index contributed by atoms with van der Waals surface area (Å²) in [6.07, 6.45) is 0.153. The fourth-order valence-electron chi connectivity index (χ4n) is 3.21. The topological polar surface area (TPSA) is 72.6 Å². The number of amides is 1. The molecule has 0 spiro atoms.